The van der Waals surface area contributed by atoms with E-state index < -0.39 is 5.82 Å². The first-order valence-electron chi connectivity index (χ1n) is 8.13. The molecule has 0 aliphatic carbocycles. The molecule has 27 heavy (non-hydrogen) atoms. The molecule has 0 amide bonds. The quantitative estimate of drug-likeness (QED) is 0.566. The number of nitrogens with zero attached hydrogens (tertiary/aromatic N) is 6. The molecule has 7 nitrogen and oxygen atoms in total. The molecule has 3 aromatic heterocycles. The first-order chi connectivity index (χ1) is 13.1. The maximum absolute atomic E-state index is 13.7. The van der Waals surface area contributed by atoms with Crippen molar-refractivity contribution >= 4 is 22.7 Å². The van der Waals surface area contributed by atoms with Gasteiger partial charge in [-0.3, -0.25) is 4.98 Å². The van der Waals surface area contributed by atoms with Gasteiger partial charge in [0.15, 0.2) is 22.7 Å². The van der Waals surface area contributed by atoms with Gasteiger partial charge < -0.3 is 10.3 Å². The van der Waals surface area contributed by atoms with Gasteiger partial charge in [-0.15, -0.1) is 0 Å². The minimum Gasteiger partial charge on any atom is -0.382 e. The van der Waals surface area contributed by atoms with Gasteiger partial charge in [-0.1, -0.05) is 24.3 Å². The van der Waals surface area contributed by atoms with Crippen LogP contribution < -0.4 is 5.73 Å². The molecule has 0 aliphatic rings. The molecule has 2 N–H and O–H groups in total. The molecule has 132 valence electrons. The first-order valence-corrected chi connectivity index (χ1v) is 8.13. The van der Waals surface area contributed by atoms with Crippen LogP contribution in [-0.4, -0.2) is 24.5 Å². The van der Waals surface area contributed by atoms with Gasteiger partial charge in [0.05, 0.1) is 12.8 Å². The standard InChI is InChI=1S/C19H14FN7/c1-11-24-17(21)16-19(25-11)27(10-12-5-3-4-6-15(12)22-2)18(26-16)13-7-14(20)9-23-8-13/h3-9H,10H2,1H3,(H2,21,24,25). The average molecular weight is 359 g/mol. The number of benzene rings is 1. The van der Waals surface area contributed by atoms with Gasteiger partial charge in [0, 0.05) is 18.3 Å². The van der Waals surface area contributed by atoms with Crippen LogP contribution in [0.15, 0.2) is 42.7 Å². The number of para-hydroxylation sites is 1. The molecule has 0 unspecified atom stereocenters. The number of hydrogen-bond acceptors (Lipinski definition) is 5. The number of aryl methyl sites for hydroxylation is 1. The highest BCUT2D eigenvalue weighted by Gasteiger charge is 2.19. The number of aromatic nitrogens is 5. The van der Waals surface area contributed by atoms with E-state index in [1.807, 2.05) is 18.2 Å². The Hall–Kier alpha value is -3.86. The third-order valence-electron chi connectivity index (χ3n) is 4.14. The van der Waals surface area contributed by atoms with Gasteiger partial charge in [-0.25, -0.2) is 24.2 Å². The highest BCUT2D eigenvalue weighted by Crippen LogP contribution is 2.29. The number of nitrogen functional groups attached to an aromatic ring is 1. The molecule has 4 rings (SSSR count). The van der Waals surface area contributed by atoms with E-state index in [9.17, 15) is 4.39 Å². The van der Waals surface area contributed by atoms with Gasteiger partial charge in [0.2, 0.25) is 0 Å². The van der Waals surface area contributed by atoms with Crippen molar-refractivity contribution < 1.29 is 4.39 Å². The molecule has 0 bridgehead atoms. The van der Waals surface area contributed by atoms with Gasteiger partial charge in [0.1, 0.15) is 17.5 Å². The van der Waals surface area contributed by atoms with Gasteiger partial charge in [0.25, 0.3) is 0 Å². The fourth-order valence-corrected chi connectivity index (χ4v) is 2.96. The molecule has 0 spiro atoms. The number of halogens is 1. The van der Waals surface area contributed by atoms with Crippen molar-refractivity contribution in [3.05, 3.63) is 71.3 Å². The van der Waals surface area contributed by atoms with Crippen molar-refractivity contribution in [2.75, 3.05) is 5.73 Å². The lowest BCUT2D eigenvalue weighted by Gasteiger charge is -2.10. The molecular formula is C19H14FN7. The van der Waals surface area contributed by atoms with E-state index >= 15 is 0 Å². The number of anilines is 1. The van der Waals surface area contributed by atoms with Crippen LogP contribution in [0.25, 0.3) is 27.4 Å². The number of imidazole rings is 1. The lowest BCUT2D eigenvalue weighted by Crippen LogP contribution is -2.05. The van der Waals surface area contributed by atoms with E-state index in [0.717, 1.165) is 11.8 Å². The fourth-order valence-electron chi connectivity index (χ4n) is 2.96. The summed E-state index contributed by atoms with van der Waals surface area (Å²) in [7, 11) is 0. The Morgan fingerprint density at radius 1 is 1.19 bits per heavy atom. The average Bonchev–Trinajstić information content (AvgIpc) is 3.01. The smallest absolute Gasteiger partial charge is 0.192 e. The second kappa shape index (κ2) is 6.46. The zero-order chi connectivity index (χ0) is 19.0. The van der Waals surface area contributed by atoms with E-state index in [-0.39, 0.29) is 5.82 Å². The summed E-state index contributed by atoms with van der Waals surface area (Å²) in [4.78, 5) is 20.7. The molecule has 0 saturated heterocycles. The van der Waals surface area contributed by atoms with Crippen molar-refractivity contribution in [3.8, 4) is 11.4 Å². The maximum Gasteiger partial charge on any atom is 0.192 e. The van der Waals surface area contributed by atoms with E-state index in [1.54, 1.807) is 17.6 Å². The largest absolute Gasteiger partial charge is 0.382 e. The third-order valence-corrected chi connectivity index (χ3v) is 4.14. The van der Waals surface area contributed by atoms with Crippen molar-refractivity contribution in [2.24, 2.45) is 0 Å². The van der Waals surface area contributed by atoms with Crippen LogP contribution in [-0.2, 0) is 6.54 Å². The highest BCUT2D eigenvalue weighted by atomic mass is 19.1. The molecule has 4 aromatic rings. The normalized spacial score (nSPS) is 10.9. The van der Waals surface area contributed by atoms with Crippen LogP contribution in [0.1, 0.15) is 11.4 Å². The molecule has 0 radical (unpaired) electrons. The Kier molecular flexibility index (Phi) is 3.97. The fraction of sp³-hybridized carbons (Fsp3) is 0.105. The topological polar surface area (TPSA) is 86.9 Å². The zero-order valence-corrected chi connectivity index (χ0v) is 14.4. The second-order valence-corrected chi connectivity index (χ2v) is 5.98. The SMILES string of the molecule is [C-]#[N+]c1ccccc1Cn1c(-c2cncc(F)c2)nc2c(N)nc(C)nc21. The minimum atomic E-state index is -0.470. The summed E-state index contributed by atoms with van der Waals surface area (Å²) < 4.78 is 15.5. The molecule has 3 heterocycles. The lowest BCUT2D eigenvalue weighted by atomic mass is 10.1. The predicted molar refractivity (Wildman–Crippen MR) is 99.5 cm³/mol. The molecular weight excluding hydrogens is 345 g/mol. The van der Waals surface area contributed by atoms with Crippen LogP contribution in [0.2, 0.25) is 0 Å². The highest BCUT2D eigenvalue weighted by molar-refractivity contribution is 5.85. The number of pyridine rings is 1. The van der Waals surface area contributed by atoms with Crippen LogP contribution in [0.3, 0.4) is 0 Å². The maximum atomic E-state index is 13.7. The van der Waals surface area contributed by atoms with Crippen molar-refractivity contribution in [1.82, 2.24) is 24.5 Å². The van der Waals surface area contributed by atoms with Crippen LogP contribution in [0.4, 0.5) is 15.9 Å². The second-order valence-electron chi connectivity index (χ2n) is 5.98. The Labute approximate surface area is 154 Å². The van der Waals surface area contributed by atoms with E-state index in [0.29, 0.717) is 40.6 Å². The minimum absolute atomic E-state index is 0.250. The van der Waals surface area contributed by atoms with Crippen LogP contribution >= 0.6 is 0 Å². The molecule has 0 fully saturated rings. The molecule has 0 aliphatic heterocycles. The van der Waals surface area contributed by atoms with Gasteiger partial charge in [-0.05, 0) is 18.6 Å². The number of rotatable bonds is 3. The number of nitrogens with two attached hydrogens (primary N) is 1. The molecule has 8 heteroatoms. The number of fused-ring (bicyclic) bond motifs is 1. The zero-order valence-electron chi connectivity index (χ0n) is 14.4. The van der Waals surface area contributed by atoms with Crippen LogP contribution in [0, 0.1) is 19.3 Å². The summed E-state index contributed by atoms with van der Waals surface area (Å²) in [5.41, 5.74) is 8.81. The first kappa shape index (κ1) is 16.6. The number of hydrogen-bond donors (Lipinski definition) is 1. The van der Waals surface area contributed by atoms with E-state index in [4.69, 9.17) is 12.3 Å². The van der Waals surface area contributed by atoms with Crippen LogP contribution in [0.5, 0.6) is 0 Å². The molecule has 0 saturated carbocycles. The Bertz CT molecular complexity index is 1210. The van der Waals surface area contributed by atoms with Crippen molar-refractivity contribution in [1.29, 1.82) is 0 Å². The Balaban J connectivity index is 1.99. The van der Waals surface area contributed by atoms with Crippen molar-refractivity contribution in [2.45, 2.75) is 13.5 Å². The predicted octanol–water partition coefficient (Wildman–Crippen LogP) is 3.52. The van der Waals surface area contributed by atoms with Gasteiger partial charge >= 0.3 is 0 Å². The van der Waals surface area contributed by atoms with E-state index in [1.165, 1.54) is 12.3 Å². The van der Waals surface area contributed by atoms with Crippen molar-refractivity contribution in [3.63, 3.8) is 0 Å². The summed E-state index contributed by atoms with van der Waals surface area (Å²) in [6.45, 7) is 9.46. The van der Waals surface area contributed by atoms with Gasteiger partial charge in [-0.2, -0.15) is 0 Å². The summed E-state index contributed by atoms with van der Waals surface area (Å²) >= 11 is 0. The molecule has 0 atom stereocenters. The molecule has 1 aromatic carbocycles. The summed E-state index contributed by atoms with van der Waals surface area (Å²) in [6.07, 6.45) is 2.65. The summed E-state index contributed by atoms with van der Waals surface area (Å²) in [5, 5.41) is 0. The lowest BCUT2D eigenvalue weighted by molar-refractivity contribution is 0.621. The Morgan fingerprint density at radius 3 is 2.78 bits per heavy atom. The monoisotopic (exact) mass is 359 g/mol. The van der Waals surface area contributed by atoms with E-state index in [2.05, 4.69) is 24.8 Å². The third kappa shape index (κ3) is 2.95. The Morgan fingerprint density at radius 2 is 2.00 bits per heavy atom. The summed E-state index contributed by atoms with van der Waals surface area (Å²) in [5.74, 6) is 0.746. The summed E-state index contributed by atoms with van der Waals surface area (Å²) in [6, 6.07) is 8.64.